The standard InChI is InChI=1S/C27H27N5O/c1-2-24(33)17-20-3-5-21(6-4-20)22-7-8-25-26(18-22)30-27(19-29-25)32-15-13-31(14-16-32)23-9-11-28-12-10-23/h3-12,18-19H,2,13-17H2,1H3. The van der Waals surface area contributed by atoms with Crippen molar-refractivity contribution in [1.29, 1.82) is 0 Å². The Hall–Kier alpha value is -3.80. The van der Waals surface area contributed by atoms with Crippen molar-refractivity contribution in [3.8, 4) is 11.1 Å². The topological polar surface area (TPSA) is 62.2 Å². The van der Waals surface area contributed by atoms with E-state index < -0.39 is 0 Å². The second-order valence-electron chi connectivity index (χ2n) is 8.38. The third-order valence-electron chi connectivity index (χ3n) is 6.24. The summed E-state index contributed by atoms with van der Waals surface area (Å²) >= 11 is 0. The van der Waals surface area contributed by atoms with E-state index in [4.69, 9.17) is 4.98 Å². The van der Waals surface area contributed by atoms with Gasteiger partial charge in [-0.25, -0.2) is 4.98 Å². The molecule has 2 aromatic carbocycles. The molecule has 0 bridgehead atoms. The zero-order valence-corrected chi connectivity index (χ0v) is 18.8. The van der Waals surface area contributed by atoms with Gasteiger partial charge in [0.05, 0.1) is 17.2 Å². The van der Waals surface area contributed by atoms with E-state index in [9.17, 15) is 4.79 Å². The molecule has 0 amide bonds. The highest BCUT2D eigenvalue weighted by molar-refractivity contribution is 5.83. The number of fused-ring (bicyclic) bond motifs is 1. The van der Waals surface area contributed by atoms with Gasteiger partial charge >= 0.3 is 0 Å². The maximum atomic E-state index is 11.7. The Morgan fingerprint density at radius 2 is 1.55 bits per heavy atom. The molecule has 2 aromatic heterocycles. The summed E-state index contributed by atoms with van der Waals surface area (Å²) in [6.07, 6.45) is 6.63. The largest absolute Gasteiger partial charge is 0.368 e. The maximum absolute atomic E-state index is 11.7. The van der Waals surface area contributed by atoms with E-state index in [1.807, 2.05) is 43.7 Å². The van der Waals surface area contributed by atoms with E-state index in [-0.39, 0.29) is 5.78 Å². The fourth-order valence-corrected chi connectivity index (χ4v) is 4.25. The minimum atomic E-state index is 0.262. The average Bonchev–Trinajstić information content (AvgIpc) is 2.89. The first-order chi connectivity index (χ1) is 16.2. The Morgan fingerprint density at radius 1 is 0.848 bits per heavy atom. The van der Waals surface area contributed by atoms with Crippen LogP contribution in [0.4, 0.5) is 11.5 Å². The number of rotatable bonds is 6. The summed E-state index contributed by atoms with van der Waals surface area (Å²) in [4.78, 5) is 30.1. The molecule has 0 unspecified atom stereocenters. The molecule has 0 radical (unpaired) electrons. The van der Waals surface area contributed by atoms with E-state index >= 15 is 0 Å². The highest BCUT2D eigenvalue weighted by atomic mass is 16.1. The molecule has 0 atom stereocenters. The zero-order valence-electron chi connectivity index (χ0n) is 18.8. The van der Waals surface area contributed by atoms with Crippen LogP contribution in [0.2, 0.25) is 0 Å². The minimum Gasteiger partial charge on any atom is -0.368 e. The van der Waals surface area contributed by atoms with Gasteiger partial charge in [-0.2, -0.15) is 0 Å². The lowest BCUT2D eigenvalue weighted by Crippen LogP contribution is -2.46. The molecule has 1 aliphatic heterocycles. The van der Waals surface area contributed by atoms with Gasteiger partial charge in [0.1, 0.15) is 11.6 Å². The van der Waals surface area contributed by atoms with E-state index in [1.54, 1.807) is 0 Å². The first-order valence-electron chi connectivity index (χ1n) is 11.5. The number of anilines is 2. The van der Waals surface area contributed by atoms with Crippen molar-refractivity contribution in [2.24, 2.45) is 0 Å². The van der Waals surface area contributed by atoms with Gasteiger partial charge < -0.3 is 9.80 Å². The molecule has 1 fully saturated rings. The number of Topliss-reactive ketones (excluding diaryl/α,β-unsaturated/α-hetero) is 1. The molecule has 5 rings (SSSR count). The van der Waals surface area contributed by atoms with E-state index in [0.29, 0.717) is 12.8 Å². The third kappa shape index (κ3) is 4.70. The van der Waals surface area contributed by atoms with Crippen LogP contribution in [0.1, 0.15) is 18.9 Å². The molecule has 6 heteroatoms. The second kappa shape index (κ2) is 9.36. The van der Waals surface area contributed by atoms with Gasteiger partial charge in [-0.05, 0) is 41.0 Å². The number of pyridine rings is 1. The Balaban J connectivity index is 1.32. The predicted octanol–water partition coefficient (Wildman–Crippen LogP) is 4.54. The van der Waals surface area contributed by atoms with Gasteiger partial charge in [0.15, 0.2) is 0 Å². The van der Waals surface area contributed by atoms with Crippen molar-refractivity contribution in [2.45, 2.75) is 19.8 Å². The highest BCUT2D eigenvalue weighted by Crippen LogP contribution is 2.25. The van der Waals surface area contributed by atoms with Crippen LogP contribution in [-0.2, 0) is 11.2 Å². The molecule has 166 valence electrons. The lowest BCUT2D eigenvalue weighted by atomic mass is 10.0. The number of aromatic nitrogens is 3. The quantitative estimate of drug-likeness (QED) is 0.441. The number of carbonyl (C=O) groups excluding carboxylic acids is 1. The molecule has 3 heterocycles. The van der Waals surface area contributed by atoms with Crippen molar-refractivity contribution in [1.82, 2.24) is 15.0 Å². The molecule has 0 N–H and O–H groups in total. The van der Waals surface area contributed by atoms with Crippen LogP contribution in [0.25, 0.3) is 22.2 Å². The van der Waals surface area contributed by atoms with Gasteiger partial charge in [0.25, 0.3) is 0 Å². The van der Waals surface area contributed by atoms with Gasteiger partial charge in [-0.3, -0.25) is 14.8 Å². The molecule has 33 heavy (non-hydrogen) atoms. The van der Waals surface area contributed by atoms with Crippen LogP contribution in [0, 0.1) is 0 Å². The minimum absolute atomic E-state index is 0.262. The molecule has 1 aliphatic rings. The molecule has 0 saturated carbocycles. The van der Waals surface area contributed by atoms with Gasteiger partial charge in [0.2, 0.25) is 0 Å². The van der Waals surface area contributed by atoms with E-state index in [1.165, 1.54) is 5.69 Å². The lowest BCUT2D eigenvalue weighted by Gasteiger charge is -2.36. The van der Waals surface area contributed by atoms with Crippen LogP contribution in [0.5, 0.6) is 0 Å². The summed E-state index contributed by atoms with van der Waals surface area (Å²) in [6.45, 7) is 5.59. The zero-order chi connectivity index (χ0) is 22.6. The Labute approximate surface area is 193 Å². The fraction of sp³-hybridized carbons (Fsp3) is 0.259. The third-order valence-corrected chi connectivity index (χ3v) is 6.24. The number of hydrogen-bond donors (Lipinski definition) is 0. The Morgan fingerprint density at radius 3 is 2.27 bits per heavy atom. The van der Waals surface area contributed by atoms with Crippen LogP contribution in [-0.4, -0.2) is 46.9 Å². The summed E-state index contributed by atoms with van der Waals surface area (Å²) in [5.41, 5.74) is 6.27. The lowest BCUT2D eigenvalue weighted by molar-refractivity contribution is -0.118. The van der Waals surface area contributed by atoms with Crippen molar-refractivity contribution >= 4 is 28.3 Å². The number of carbonyl (C=O) groups is 1. The number of hydrogen-bond acceptors (Lipinski definition) is 6. The average molecular weight is 438 g/mol. The smallest absolute Gasteiger partial charge is 0.147 e. The predicted molar refractivity (Wildman–Crippen MR) is 133 cm³/mol. The van der Waals surface area contributed by atoms with Gasteiger partial charge in [-0.1, -0.05) is 37.3 Å². The molecule has 6 nitrogen and oxygen atoms in total. The Bertz CT molecular complexity index is 1250. The maximum Gasteiger partial charge on any atom is 0.147 e. The van der Waals surface area contributed by atoms with Gasteiger partial charge in [-0.15, -0.1) is 0 Å². The van der Waals surface area contributed by atoms with Crippen LogP contribution >= 0.6 is 0 Å². The molecule has 0 spiro atoms. The summed E-state index contributed by atoms with van der Waals surface area (Å²) in [6, 6.07) is 18.6. The summed E-state index contributed by atoms with van der Waals surface area (Å²) < 4.78 is 0. The first kappa shape index (κ1) is 21.1. The number of nitrogens with zero attached hydrogens (tertiary/aromatic N) is 5. The molecule has 0 aliphatic carbocycles. The van der Waals surface area contributed by atoms with Crippen molar-refractivity contribution in [2.75, 3.05) is 36.0 Å². The molecule has 1 saturated heterocycles. The van der Waals surface area contributed by atoms with E-state index in [2.05, 4.69) is 56.2 Å². The number of piperazine rings is 1. The number of ketones is 1. The Kier molecular flexibility index (Phi) is 5.98. The fourth-order valence-electron chi connectivity index (χ4n) is 4.25. The molecular formula is C27H27N5O. The molecule has 4 aromatic rings. The van der Waals surface area contributed by atoms with Crippen LogP contribution in [0.3, 0.4) is 0 Å². The SMILES string of the molecule is CCC(=O)Cc1ccc(-c2ccc3ncc(N4CCN(c5ccncc5)CC4)nc3c2)cc1. The van der Waals surface area contributed by atoms with Crippen molar-refractivity contribution < 1.29 is 4.79 Å². The van der Waals surface area contributed by atoms with Crippen LogP contribution in [0.15, 0.2) is 73.2 Å². The highest BCUT2D eigenvalue weighted by Gasteiger charge is 2.19. The summed E-state index contributed by atoms with van der Waals surface area (Å²) in [7, 11) is 0. The van der Waals surface area contributed by atoms with Gasteiger partial charge in [0, 0.05) is 57.1 Å². The normalized spacial score (nSPS) is 14.0. The first-order valence-corrected chi connectivity index (χ1v) is 11.5. The van der Waals surface area contributed by atoms with E-state index in [0.717, 1.165) is 59.7 Å². The number of benzene rings is 2. The molecular weight excluding hydrogens is 410 g/mol. The van der Waals surface area contributed by atoms with Crippen molar-refractivity contribution in [3.05, 3.63) is 78.8 Å². The second-order valence-corrected chi connectivity index (χ2v) is 8.38. The summed E-state index contributed by atoms with van der Waals surface area (Å²) in [5.74, 6) is 1.18. The summed E-state index contributed by atoms with van der Waals surface area (Å²) in [5, 5.41) is 0. The van der Waals surface area contributed by atoms with Crippen LogP contribution < -0.4 is 9.80 Å². The van der Waals surface area contributed by atoms with Crippen molar-refractivity contribution in [3.63, 3.8) is 0 Å². The monoisotopic (exact) mass is 437 g/mol.